The first-order valence-electron chi connectivity index (χ1n) is 12.7. The lowest BCUT2D eigenvalue weighted by Crippen LogP contribution is -2.60. The van der Waals surface area contributed by atoms with Gasteiger partial charge in [0.2, 0.25) is 5.91 Å². The van der Waals surface area contributed by atoms with Gasteiger partial charge < -0.3 is 15.5 Å². The van der Waals surface area contributed by atoms with E-state index in [2.05, 4.69) is 108 Å². The van der Waals surface area contributed by atoms with Gasteiger partial charge in [0.05, 0.1) is 6.04 Å². The fraction of sp³-hybridized carbons (Fsp3) is 0.323. The Balaban J connectivity index is 1.48. The van der Waals surface area contributed by atoms with Gasteiger partial charge in [-0.1, -0.05) is 91.0 Å². The van der Waals surface area contributed by atoms with Crippen molar-refractivity contribution >= 4 is 11.5 Å². The van der Waals surface area contributed by atoms with Crippen LogP contribution in [0.2, 0.25) is 0 Å². The molecule has 0 aliphatic carbocycles. The van der Waals surface area contributed by atoms with Gasteiger partial charge in [0.25, 0.3) is 0 Å². The third kappa shape index (κ3) is 6.68. The largest absolute Gasteiger partial charge is 0.335 e. The van der Waals surface area contributed by atoms with Gasteiger partial charge in [0, 0.05) is 32.2 Å². The molecule has 0 aromatic heterocycles. The zero-order chi connectivity index (χ0) is 24.5. The van der Waals surface area contributed by atoms with E-state index in [1.807, 2.05) is 12.1 Å². The molecule has 4 heteroatoms. The molecule has 182 valence electrons. The Morgan fingerprint density at radius 1 is 1.00 bits per heavy atom. The maximum atomic E-state index is 13.8. The highest BCUT2D eigenvalue weighted by Gasteiger charge is 2.33. The zero-order valence-electron chi connectivity index (χ0n) is 20.9. The van der Waals surface area contributed by atoms with Crippen LogP contribution < -0.4 is 10.6 Å². The fourth-order valence-electron chi connectivity index (χ4n) is 4.97. The molecule has 0 radical (unpaired) electrons. The van der Waals surface area contributed by atoms with Crippen molar-refractivity contribution in [2.75, 3.05) is 19.6 Å². The molecule has 0 saturated carbocycles. The summed E-state index contributed by atoms with van der Waals surface area (Å²) >= 11 is 0. The van der Waals surface area contributed by atoms with Crippen molar-refractivity contribution in [3.63, 3.8) is 0 Å². The van der Waals surface area contributed by atoms with Crippen molar-refractivity contribution < 1.29 is 4.79 Å². The number of hydrogen-bond acceptors (Lipinski definition) is 3. The van der Waals surface area contributed by atoms with E-state index in [1.165, 1.54) is 27.8 Å². The Morgan fingerprint density at radius 3 is 2.34 bits per heavy atom. The lowest BCUT2D eigenvalue weighted by atomic mass is 9.93. The van der Waals surface area contributed by atoms with Gasteiger partial charge in [-0.3, -0.25) is 4.79 Å². The Hall–Kier alpha value is -3.21. The Kier molecular flexibility index (Phi) is 8.88. The average Bonchev–Trinajstić information content (AvgIpc) is 2.89. The van der Waals surface area contributed by atoms with E-state index in [-0.39, 0.29) is 18.0 Å². The van der Waals surface area contributed by atoms with Crippen molar-refractivity contribution in [2.24, 2.45) is 0 Å². The standard InChI is InChI=1S/C31H37N3O/c1-3-27(29-17-11-10-12-24(29)2)21-30-31(35)34(19-18-33-30)28(20-25-13-6-4-7-14-25)23-32-22-26-15-8-5-9-16-26/h3-17,28,30,32-33H,18-23H2,1-2H3/b27-3-. The highest BCUT2D eigenvalue weighted by atomic mass is 16.2. The van der Waals surface area contributed by atoms with Gasteiger partial charge in [0.15, 0.2) is 0 Å². The number of benzene rings is 3. The highest BCUT2D eigenvalue weighted by Crippen LogP contribution is 2.25. The summed E-state index contributed by atoms with van der Waals surface area (Å²) in [4.78, 5) is 15.9. The smallest absolute Gasteiger partial charge is 0.240 e. The molecule has 0 bridgehead atoms. The molecule has 1 fully saturated rings. The number of rotatable bonds is 10. The molecule has 1 heterocycles. The van der Waals surface area contributed by atoms with Crippen molar-refractivity contribution in [1.29, 1.82) is 0 Å². The van der Waals surface area contributed by atoms with Crippen molar-refractivity contribution in [2.45, 2.75) is 45.3 Å². The molecule has 2 N–H and O–H groups in total. The number of carbonyl (C=O) groups is 1. The molecule has 4 rings (SSSR count). The van der Waals surface area contributed by atoms with E-state index in [0.29, 0.717) is 6.42 Å². The van der Waals surface area contributed by atoms with E-state index in [0.717, 1.165) is 32.6 Å². The first-order chi connectivity index (χ1) is 17.2. The van der Waals surface area contributed by atoms with Gasteiger partial charge in [-0.15, -0.1) is 0 Å². The second kappa shape index (κ2) is 12.5. The molecule has 35 heavy (non-hydrogen) atoms. The van der Waals surface area contributed by atoms with Crippen LogP contribution in [0.15, 0.2) is 91.0 Å². The molecular formula is C31H37N3O. The lowest BCUT2D eigenvalue weighted by molar-refractivity contribution is -0.138. The van der Waals surface area contributed by atoms with Gasteiger partial charge in [-0.25, -0.2) is 0 Å². The minimum atomic E-state index is -0.207. The van der Waals surface area contributed by atoms with Crippen molar-refractivity contribution in [1.82, 2.24) is 15.5 Å². The molecular weight excluding hydrogens is 430 g/mol. The van der Waals surface area contributed by atoms with Crippen LogP contribution in [0, 0.1) is 6.92 Å². The highest BCUT2D eigenvalue weighted by molar-refractivity contribution is 5.86. The van der Waals surface area contributed by atoms with Gasteiger partial charge in [-0.2, -0.15) is 0 Å². The number of hydrogen-bond donors (Lipinski definition) is 2. The summed E-state index contributed by atoms with van der Waals surface area (Å²) in [5, 5.41) is 7.12. The first kappa shape index (κ1) is 24.9. The van der Waals surface area contributed by atoms with E-state index >= 15 is 0 Å². The Bertz CT molecular complexity index is 1110. The lowest BCUT2D eigenvalue weighted by Gasteiger charge is -2.39. The van der Waals surface area contributed by atoms with Crippen LogP contribution >= 0.6 is 0 Å². The number of aryl methyl sites for hydroxylation is 1. The summed E-state index contributed by atoms with van der Waals surface area (Å²) in [7, 11) is 0. The van der Waals surface area contributed by atoms with Crippen molar-refractivity contribution in [3.8, 4) is 0 Å². The predicted molar refractivity (Wildman–Crippen MR) is 145 cm³/mol. The Morgan fingerprint density at radius 2 is 1.66 bits per heavy atom. The molecule has 1 aliphatic rings. The van der Waals surface area contributed by atoms with Gasteiger partial charge in [-0.05, 0) is 54.5 Å². The quantitative estimate of drug-likeness (QED) is 0.442. The monoisotopic (exact) mass is 467 g/mol. The van der Waals surface area contributed by atoms with Crippen molar-refractivity contribution in [3.05, 3.63) is 113 Å². The summed E-state index contributed by atoms with van der Waals surface area (Å²) in [6.45, 7) is 7.30. The van der Waals surface area contributed by atoms with Crippen LogP contribution in [0.3, 0.4) is 0 Å². The minimum absolute atomic E-state index is 0.103. The molecule has 1 aliphatic heterocycles. The second-order valence-electron chi connectivity index (χ2n) is 9.33. The summed E-state index contributed by atoms with van der Waals surface area (Å²) in [6.07, 6.45) is 3.70. The second-order valence-corrected chi connectivity index (χ2v) is 9.33. The maximum Gasteiger partial charge on any atom is 0.240 e. The third-order valence-corrected chi connectivity index (χ3v) is 6.89. The van der Waals surface area contributed by atoms with E-state index in [4.69, 9.17) is 0 Å². The fourth-order valence-corrected chi connectivity index (χ4v) is 4.97. The molecule has 0 spiro atoms. The van der Waals surface area contributed by atoms with Crippen LogP contribution in [0.4, 0.5) is 0 Å². The molecule has 2 unspecified atom stereocenters. The van der Waals surface area contributed by atoms with Crippen LogP contribution in [0.5, 0.6) is 0 Å². The third-order valence-electron chi connectivity index (χ3n) is 6.89. The molecule has 3 aromatic rings. The number of allylic oxidation sites excluding steroid dienone is 1. The van der Waals surface area contributed by atoms with E-state index in [1.54, 1.807) is 0 Å². The predicted octanol–water partition coefficient (Wildman–Crippen LogP) is 4.99. The SMILES string of the molecule is C/C=C(/CC1NCCN(C(CNCc2ccccc2)Cc2ccccc2)C1=O)c1ccccc1C. The number of nitrogens with one attached hydrogen (secondary N) is 2. The summed E-state index contributed by atoms with van der Waals surface area (Å²) < 4.78 is 0. The van der Waals surface area contributed by atoms with Crippen LogP contribution in [0.25, 0.3) is 5.57 Å². The molecule has 2 atom stereocenters. The molecule has 3 aromatic carbocycles. The topological polar surface area (TPSA) is 44.4 Å². The van der Waals surface area contributed by atoms with E-state index < -0.39 is 0 Å². The van der Waals surface area contributed by atoms with Gasteiger partial charge >= 0.3 is 0 Å². The zero-order valence-corrected chi connectivity index (χ0v) is 20.9. The van der Waals surface area contributed by atoms with Crippen LogP contribution in [-0.2, 0) is 17.8 Å². The first-order valence-corrected chi connectivity index (χ1v) is 12.7. The minimum Gasteiger partial charge on any atom is -0.335 e. The number of piperazine rings is 1. The normalized spacial score (nSPS) is 17.4. The Labute approximate surface area is 210 Å². The average molecular weight is 468 g/mol. The summed E-state index contributed by atoms with van der Waals surface area (Å²) in [5.74, 6) is 0.201. The van der Waals surface area contributed by atoms with E-state index in [9.17, 15) is 4.79 Å². The summed E-state index contributed by atoms with van der Waals surface area (Å²) in [6, 6.07) is 29.3. The van der Waals surface area contributed by atoms with Crippen LogP contribution in [0.1, 0.15) is 35.6 Å². The number of amides is 1. The molecule has 1 saturated heterocycles. The number of carbonyl (C=O) groups excluding carboxylic acids is 1. The summed E-state index contributed by atoms with van der Waals surface area (Å²) in [5.41, 5.74) is 6.21. The molecule has 4 nitrogen and oxygen atoms in total. The molecule has 1 amide bonds. The van der Waals surface area contributed by atoms with Crippen LogP contribution in [-0.4, -0.2) is 42.5 Å². The van der Waals surface area contributed by atoms with Gasteiger partial charge in [0.1, 0.15) is 0 Å². The number of nitrogens with zero attached hydrogens (tertiary/aromatic N) is 1. The maximum absolute atomic E-state index is 13.8.